The van der Waals surface area contributed by atoms with Crippen molar-refractivity contribution in [2.24, 2.45) is 0 Å². The van der Waals surface area contributed by atoms with Crippen LogP contribution in [0.2, 0.25) is 5.02 Å². The van der Waals surface area contributed by atoms with Gasteiger partial charge >= 0.3 is 0 Å². The molecule has 3 heteroatoms. The van der Waals surface area contributed by atoms with E-state index >= 15 is 0 Å². The average molecular weight is 277 g/mol. The largest absolute Gasteiger partial charge is 0.294 e. The van der Waals surface area contributed by atoms with Crippen molar-refractivity contribution in [2.45, 2.75) is 11.3 Å². The number of hydrogen-bond donors (Lipinski definition) is 0. The van der Waals surface area contributed by atoms with Crippen molar-refractivity contribution in [3.05, 3.63) is 64.7 Å². The maximum Gasteiger partial charge on any atom is 0.167 e. The van der Waals surface area contributed by atoms with Crippen LogP contribution in [0.5, 0.6) is 0 Å². The molecule has 0 spiro atoms. The van der Waals surface area contributed by atoms with E-state index in [0.29, 0.717) is 17.0 Å². The van der Waals surface area contributed by atoms with Gasteiger partial charge < -0.3 is 0 Å². The van der Waals surface area contributed by atoms with Gasteiger partial charge in [0.2, 0.25) is 0 Å². The van der Waals surface area contributed by atoms with Crippen molar-refractivity contribution in [1.29, 1.82) is 0 Å². The second-order valence-electron chi connectivity index (χ2n) is 3.95. The van der Waals surface area contributed by atoms with Gasteiger partial charge in [-0.15, -0.1) is 11.8 Å². The lowest BCUT2D eigenvalue weighted by atomic mass is 10.0. The Bertz CT molecular complexity index is 531. The highest BCUT2D eigenvalue weighted by molar-refractivity contribution is 7.98. The molecule has 0 radical (unpaired) electrons. The maximum absolute atomic E-state index is 12.0. The first-order chi connectivity index (χ1) is 8.69. The van der Waals surface area contributed by atoms with Crippen molar-refractivity contribution >= 4 is 29.1 Å². The monoisotopic (exact) mass is 276 g/mol. The fourth-order valence-electron chi connectivity index (χ4n) is 1.67. The first-order valence-electron chi connectivity index (χ1n) is 5.61. The standard InChI is InChI=1S/C15H13ClOS/c1-18-14-8-2-11(3-9-14)10-15(17)12-4-6-13(16)7-5-12/h2-9H,10H2,1H3. The fraction of sp³-hybridized carbons (Fsp3) is 0.133. The van der Waals surface area contributed by atoms with Crippen molar-refractivity contribution in [3.63, 3.8) is 0 Å². The van der Waals surface area contributed by atoms with Gasteiger partial charge in [-0.05, 0) is 48.2 Å². The molecule has 2 aromatic rings. The second-order valence-corrected chi connectivity index (χ2v) is 5.27. The van der Waals surface area contributed by atoms with E-state index < -0.39 is 0 Å². The van der Waals surface area contributed by atoms with E-state index in [1.54, 1.807) is 36.0 Å². The molecule has 0 saturated heterocycles. The number of Topliss-reactive ketones (excluding diaryl/α,β-unsaturated/α-hetero) is 1. The molecule has 0 aromatic heterocycles. The molecule has 18 heavy (non-hydrogen) atoms. The molecule has 0 unspecified atom stereocenters. The Kier molecular flexibility index (Phi) is 4.45. The second kappa shape index (κ2) is 6.07. The minimum absolute atomic E-state index is 0.114. The molecule has 0 saturated carbocycles. The van der Waals surface area contributed by atoms with Crippen LogP contribution in [0.15, 0.2) is 53.4 Å². The maximum atomic E-state index is 12.0. The summed E-state index contributed by atoms with van der Waals surface area (Å²) >= 11 is 7.49. The van der Waals surface area contributed by atoms with Gasteiger partial charge in [-0.1, -0.05) is 23.7 Å². The number of rotatable bonds is 4. The number of hydrogen-bond acceptors (Lipinski definition) is 2. The molecule has 2 aromatic carbocycles. The Hall–Kier alpha value is -1.25. The molecule has 0 aliphatic heterocycles. The summed E-state index contributed by atoms with van der Waals surface area (Å²) in [7, 11) is 0. The minimum Gasteiger partial charge on any atom is -0.294 e. The normalized spacial score (nSPS) is 10.3. The summed E-state index contributed by atoms with van der Waals surface area (Å²) in [6.45, 7) is 0. The van der Waals surface area contributed by atoms with Crippen molar-refractivity contribution < 1.29 is 4.79 Å². The topological polar surface area (TPSA) is 17.1 Å². The van der Waals surface area contributed by atoms with E-state index in [4.69, 9.17) is 11.6 Å². The minimum atomic E-state index is 0.114. The lowest BCUT2D eigenvalue weighted by molar-refractivity contribution is 0.0993. The van der Waals surface area contributed by atoms with Crippen LogP contribution < -0.4 is 0 Å². The summed E-state index contributed by atoms with van der Waals surface area (Å²) in [6.07, 6.45) is 2.46. The third-order valence-corrected chi connectivity index (χ3v) is 3.69. The third kappa shape index (κ3) is 3.37. The van der Waals surface area contributed by atoms with Gasteiger partial charge in [0.15, 0.2) is 5.78 Å². The van der Waals surface area contributed by atoms with Crippen LogP contribution in [0.1, 0.15) is 15.9 Å². The van der Waals surface area contributed by atoms with Crippen LogP contribution in [0.25, 0.3) is 0 Å². The zero-order chi connectivity index (χ0) is 13.0. The SMILES string of the molecule is CSc1ccc(CC(=O)c2ccc(Cl)cc2)cc1. The zero-order valence-electron chi connectivity index (χ0n) is 10.0. The molecule has 2 rings (SSSR count). The van der Waals surface area contributed by atoms with Crippen LogP contribution in [-0.2, 0) is 6.42 Å². The van der Waals surface area contributed by atoms with Crippen molar-refractivity contribution in [3.8, 4) is 0 Å². The summed E-state index contributed by atoms with van der Waals surface area (Å²) < 4.78 is 0. The molecule has 0 atom stereocenters. The van der Waals surface area contributed by atoms with E-state index in [-0.39, 0.29) is 5.78 Å². The predicted octanol–water partition coefficient (Wildman–Crippen LogP) is 4.49. The lowest BCUT2D eigenvalue weighted by Gasteiger charge is -2.03. The Balaban J connectivity index is 2.08. The summed E-state index contributed by atoms with van der Waals surface area (Å²) in [4.78, 5) is 13.2. The average Bonchev–Trinajstić information content (AvgIpc) is 2.40. The highest BCUT2D eigenvalue weighted by Crippen LogP contribution is 2.16. The van der Waals surface area contributed by atoms with Gasteiger partial charge in [0, 0.05) is 21.9 Å². The van der Waals surface area contributed by atoms with Gasteiger partial charge in [0.05, 0.1) is 0 Å². The number of benzene rings is 2. The molecule has 0 aliphatic rings. The first kappa shape index (κ1) is 13.2. The zero-order valence-corrected chi connectivity index (χ0v) is 11.6. The highest BCUT2D eigenvalue weighted by Gasteiger charge is 2.06. The van der Waals surface area contributed by atoms with Crippen LogP contribution in [0.3, 0.4) is 0 Å². The first-order valence-corrected chi connectivity index (χ1v) is 7.21. The molecule has 0 amide bonds. The fourth-order valence-corrected chi connectivity index (χ4v) is 2.20. The molecule has 0 N–H and O–H groups in total. The van der Waals surface area contributed by atoms with E-state index in [0.717, 1.165) is 5.56 Å². The van der Waals surface area contributed by atoms with E-state index in [1.165, 1.54) is 4.90 Å². The summed E-state index contributed by atoms with van der Waals surface area (Å²) in [5.74, 6) is 0.114. The smallest absolute Gasteiger partial charge is 0.167 e. The molecule has 0 fully saturated rings. The highest BCUT2D eigenvalue weighted by atomic mass is 35.5. The van der Waals surface area contributed by atoms with E-state index in [9.17, 15) is 4.79 Å². The van der Waals surface area contributed by atoms with Crippen LogP contribution >= 0.6 is 23.4 Å². The number of thioether (sulfide) groups is 1. The van der Waals surface area contributed by atoms with Gasteiger partial charge in [0.25, 0.3) is 0 Å². The van der Waals surface area contributed by atoms with Crippen LogP contribution in [0.4, 0.5) is 0 Å². The Morgan fingerprint density at radius 3 is 2.22 bits per heavy atom. The number of carbonyl (C=O) groups is 1. The van der Waals surface area contributed by atoms with Crippen molar-refractivity contribution in [1.82, 2.24) is 0 Å². The Morgan fingerprint density at radius 1 is 1.06 bits per heavy atom. The Labute approximate surface area is 116 Å². The van der Waals surface area contributed by atoms with E-state index in [1.807, 2.05) is 30.5 Å². The van der Waals surface area contributed by atoms with Crippen LogP contribution in [-0.4, -0.2) is 12.0 Å². The van der Waals surface area contributed by atoms with E-state index in [2.05, 4.69) is 0 Å². The molecule has 0 aliphatic carbocycles. The molecule has 0 heterocycles. The van der Waals surface area contributed by atoms with Crippen LogP contribution in [0, 0.1) is 0 Å². The molecule has 92 valence electrons. The number of carbonyl (C=O) groups excluding carboxylic acids is 1. The summed E-state index contributed by atoms with van der Waals surface area (Å²) in [5, 5.41) is 0.649. The number of halogens is 1. The Morgan fingerprint density at radius 2 is 1.67 bits per heavy atom. The molecule has 0 bridgehead atoms. The quantitative estimate of drug-likeness (QED) is 0.605. The van der Waals surface area contributed by atoms with Gasteiger partial charge in [0.1, 0.15) is 0 Å². The summed E-state index contributed by atoms with van der Waals surface area (Å²) in [6, 6.07) is 15.1. The number of ketones is 1. The van der Waals surface area contributed by atoms with Gasteiger partial charge in [-0.2, -0.15) is 0 Å². The molecule has 1 nitrogen and oxygen atoms in total. The van der Waals surface area contributed by atoms with Crippen molar-refractivity contribution in [2.75, 3.05) is 6.26 Å². The third-order valence-electron chi connectivity index (χ3n) is 2.69. The van der Waals surface area contributed by atoms with Gasteiger partial charge in [-0.25, -0.2) is 0 Å². The molecular formula is C15H13ClOS. The lowest BCUT2D eigenvalue weighted by Crippen LogP contribution is -2.03. The van der Waals surface area contributed by atoms with Gasteiger partial charge in [-0.3, -0.25) is 4.79 Å². The predicted molar refractivity (Wildman–Crippen MR) is 77.7 cm³/mol. The molecular weight excluding hydrogens is 264 g/mol. The summed E-state index contributed by atoms with van der Waals surface area (Å²) in [5.41, 5.74) is 1.74.